The van der Waals surface area contributed by atoms with Gasteiger partial charge in [0.15, 0.2) is 0 Å². The number of hydrogen-bond donors (Lipinski definition) is 0. The van der Waals surface area contributed by atoms with E-state index in [2.05, 4.69) is 12.1 Å². The molecule has 5 nitrogen and oxygen atoms in total. The fourth-order valence-corrected chi connectivity index (χ4v) is 2.53. The molecule has 1 aliphatic heterocycles. The summed E-state index contributed by atoms with van der Waals surface area (Å²) in [6.45, 7) is 7.09. The quantitative estimate of drug-likeness (QED) is 0.549. The Bertz CT molecular complexity index is 403. The van der Waals surface area contributed by atoms with Crippen molar-refractivity contribution in [3.8, 4) is 0 Å². The number of benzene rings is 1. The summed E-state index contributed by atoms with van der Waals surface area (Å²) in [5.41, 5.74) is 1.20. The number of hydrogen-bond acceptors (Lipinski definition) is 5. The summed E-state index contributed by atoms with van der Waals surface area (Å²) in [5, 5.41) is 0. The molecule has 1 aliphatic rings. The van der Waals surface area contributed by atoms with E-state index in [1.165, 1.54) is 5.56 Å². The van der Waals surface area contributed by atoms with Crippen LogP contribution >= 0.6 is 0 Å². The first-order chi connectivity index (χ1) is 11.9. The highest BCUT2D eigenvalue weighted by atomic mass is 16.6. The molecular weight excluding hydrogens is 308 g/mol. The summed E-state index contributed by atoms with van der Waals surface area (Å²) in [6.07, 6.45) is 2.35. The van der Waals surface area contributed by atoms with Gasteiger partial charge in [-0.1, -0.05) is 30.3 Å². The molecule has 5 heteroatoms. The smallest absolute Gasteiger partial charge is 0.0814 e. The zero-order valence-electron chi connectivity index (χ0n) is 14.7. The molecule has 0 N–H and O–H groups in total. The second kappa shape index (κ2) is 12.4. The zero-order valence-corrected chi connectivity index (χ0v) is 14.7. The molecule has 1 aromatic carbocycles. The first-order valence-corrected chi connectivity index (χ1v) is 8.89. The Morgan fingerprint density at radius 2 is 1.71 bits per heavy atom. The van der Waals surface area contributed by atoms with Crippen molar-refractivity contribution in [1.82, 2.24) is 0 Å². The van der Waals surface area contributed by atoms with Crippen LogP contribution in [0.3, 0.4) is 0 Å². The summed E-state index contributed by atoms with van der Waals surface area (Å²) in [7, 11) is 0. The molecule has 0 saturated carbocycles. The normalized spacial score (nSPS) is 21.0. The van der Waals surface area contributed by atoms with Crippen molar-refractivity contribution in [2.24, 2.45) is 0 Å². The van der Waals surface area contributed by atoms with Crippen molar-refractivity contribution in [2.45, 2.75) is 38.6 Å². The topological polar surface area (TPSA) is 46.2 Å². The van der Waals surface area contributed by atoms with E-state index in [0.717, 1.165) is 19.4 Å². The molecule has 0 spiro atoms. The molecule has 0 amide bonds. The average molecular weight is 338 g/mol. The van der Waals surface area contributed by atoms with E-state index in [1.54, 1.807) is 0 Å². The van der Waals surface area contributed by atoms with Gasteiger partial charge in [0.1, 0.15) is 0 Å². The van der Waals surface area contributed by atoms with Gasteiger partial charge in [-0.05, 0) is 25.3 Å². The minimum absolute atomic E-state index is 0.171. The highest BCUT2D eigenvalue weighted by Gasteiger charge is 2.22. The van der Waals surface area contributed by atoms with Gasteiger partial charge in [-0.2, -0.15) is 0 Å². The van der Waals surface area contributed by atoms with E-state index in [4.69, 9.17) is 23.7 Å². The molecule has 1 fully saturated rings. The molecule has 0 aliphatic carbocycles. The van der Waals surface area contributed by atoms with Crippen LogP contribution in [0.1, 0.15) is 25.3 Å². The first kappa shape index (κ1) is 19.3. The lowest BCUT2D eigenvalue weighted by Gasteiger charge is -2.29. The second-order valence-corrected chi connectivity index (χ2v) is 5.84. The Labute approximate surface area is 145 Å². The van der Waals surface area contributed by atoms with E-state index in [9.17, 15) is 0 Å². The van der Waals surface area contributed by atoms with Crippen molar-refractivity contribution in [2.75, 3.05) is 46.2 Å². The minimum Gasteiger partial charge on any atom is -0.379 e. The van der Waals surface area contributed by atoms with Crippen LogP contribution in [0.4, 0.5) is 0 Å². The van der Waals surface area contributed by atoms with Gasteiger partial charge in [-0.25, -0.2) is 0 Å². The molecule has 1 saturated heterocycles. The Kier molecular flexibility index (Phi) is 9.99. The van der Waals surface area contributed by atoms with Crippen LogP contribution in [0.25, 0.3) is 0 Å². The first-order valence-electron chi connectivity index (χ1n) is 8.89. The predicted molar refractivity (Wildman–Crippen MR) is 92.1 cm³/mol. The largest absolute Gasteiger partial charge is 0.379 e. The van der Waals surface area contributed by atoms with Crippen LogP contribution in [0.2, 0.25) is 0 Å². The Morgan fingerprint density at radius 1 is 0.958 bits per heavy atom. The van der Waals surface area contributed by atoms with Crippen LogP contribution in [-0.4, -0.2) is 58.5 Å². The Morgan fingerprint density at radius 3 is 2.42 bits per heavy atom. The molecule has 1 heterocycles. The van der Waals surface area contributed by atoms with Gasteiger partial charge in [-0.15, -0.1) is 0 Å². The number of ether oxygens (including phenoxy) is 5. The predicted octanol–water partition coefficient (Wildman–Crippen LogP) is 2.82. The fraction of sp³-hybridized carbons (Fsp3) is 0.684. The highest BCUT2D eigenvalue weighted by molar-refractivity contribution is 5.13. The maximum Gasteiger partial charge on any atom is 0.0814 e. The Balaban J connectivity index is 1.44. The van der Waals surface area contributed by atoms with Crippen LogP contribution < -0.4 is 0 Å². The van der Waals surface area contributed by atoms with Crippen molar-refractivity contribution in [3.05, 3.63) is 35.9 Å². The summed E-state index contributed by atoms with van der Waals surface area (Å²) < 4.78 is 28.0. The SMILES string of the molecule is CCOCCOCCOCC1CCC(OCc2ccccc2)CO1. The van der Waals surface area contributed by atoms with Crippen LogP contribution in [0.5, 0.6) is 0 Å². The third-order valence-corrected chi connectivity index (χ3v) is 3.91. The molecule has 24 heavy (non-hydrogen) atoms. The molecule has 0 bridgehead atoms. The standard InChI is InChI=1S/C19H30O5/c1-2-20-10-11-21-12-13-22-15-18-8-9-19(16-24-18)23-14-17-6-4-3-5-7-17/h3-7,18-19H,2,8-16H2,1H3. The van der Waals surface area contributed by atoms with Crippen molar-refractivity contribution < 1.29 is 23.7 Å². The van der Waals surface area contributed by atoms with Crippen LogP contribution in [0.15, 0.2) is 30.3 Å². The monoisotopic (exact) mass is 338 g/mol. The maximum atomic E-state index is 5.91. The molecule has 1 aromatic rings. The van der Waals surface area contributed by atoms with Gasteiger partial charge in [0, 0.05) is 6.61 Å². The van der Waals surface area contributed by atoms with E-state index in [1.807, 2.05) is 25.1 Å². The zero-order chi connectivity index (χ0) is 16.9. The van der Waals surface area contributed by atoms with E-state index < -0.39 is 0 Å². The van der Waals surface area contributed by atoms with Crippen LogP contribution in [0, 0.1) is 0 Å². The van der Waals surface area contributed by atoms with Gasteiger partial charge >= 0.3 is 0 Å². The molecule has 0 aromatic heterocycles. The molecular formula is C19H30O5. The van der Waals surface area contributed by atoms with E-state index >= 15 is 0 Å². The van der Waals surface area contributed by atoms with Gasteiger partial charge in [0.25, 0.3) is 0 Å². The van der Waals surface area contributed by atoms with Crippen molar-refractivity contribution in [1.29, 1.82) is 0 Å². The van der Waals surface area contributed by atoms with Crippen molar-refractivity contribution in [3.63, 3.8) is 0 Å². The fourth-order valence-electron chi connectivity index (χ4n) is 2.53. The van der Waals surface area contributed by atoms with Gasteiger partial charge in [0.2, 0.25) is 0 Å². The van der Waals surface area contributed by atoms with E-state index in [-0.39, 0.29) is 12.2 Å². The molecule has 2 atom stereocenters. The third-order valence-electron chi connectivity index (χ3n) is 3.91. The van der Waals surface area contributed by atoms with Gasteiger partial charge < -0.3 is 23.7 Å². The summed E-state index contributed by atoms with van der Waals surface area (Å²) in [4.78, 5) is 0. The molecule has 136 valence electrons. The molecule has 0 radical (unpaired) electrons. The van der Waals surface area contributed by atoms with Gasteiger partial charge in [-0.3, -0.25) is 0 Å². The lowest BCUT2D eigenvalue weighted by molar-refractivity contribution is -0.113. The minimum atomic E-state index is 0.171. The molecule has 2 rings (SSSR count). The highest BCUT2D eigenvalue weighted by Crippen LogP contribution is 2.17. The van der Waals surface area contributed by atoms with Gasteiger partial charge in [0.05, 0.1) is 58.5 Å². The maximum absolute atomic E-state index is 5.91. The summed E-state index contributed by atoms with van der Waals surface area (Å²) in [5.74, 6) is 0. The lowest BCUT2D eigenvalue weighted by Crippen LogP contribution is -2.34. The van der Waals surface area contributed by atoms with E-state index in [0.29, 0.717) is 46.2 Å². The van der Waals surface area contributed by atoms with Crippen LogP contribution in [-0.2, 0) is 30.3 Å². The third kappa shape index (κ3) is 8.22. The summed E-state index contributed by atoms with van der Waals surface area (Å²) >= 11 is 0. The summed E-state index contributed by atoms with van der Waals surface area (Å²) in [6, 6.07) is 10.2. The van der Waals surface area contributed by atoms with Crippen molar-refractivity contribution >= 4 is 0 Å². The number of rotatable bonds is 12. The average Bonchev–Trinajstić information content (AvgIpc) is 2.64. The Hall–Kier alpha value is -0.980. The second-order valence-electron chi connectivity index (χ2n) is 5.84. The lowest BCUT2D eigenvalue weighted by atomic mass is 10.1. The molecule has 2 unspecified atom stereocenters.